The topological polar surface area (TPSA) is 60.0 Å². The highest BCUT2D eigenvalue weighted by atomic mass is 15.4. The summed E-state index contributed by atoms with van der Waals surface area (Å²) in [5.41, 5.74) is 5.95. The quantitative estimate of drug-likeness (QED) is 0.804. The van der Waals surface area contributed by atoms with Gasteiger partial charge in [0.2, 0.25) is 0 Å². The second-order valence-electron chi connectivity index (χ2n) is 4.90. The lowest BCUT2D eigenvalue weighted by Gasteiger charge is -2.25. The van der Waals surface area contributed by atoms with Gasteiger partial charge in [0.05, 0.1) is 12.2 Å². The van der Waals surface area contributed by atoms with Crippen LogP contribution in [0.25, 0.3) is 16.8 Å². The summed E-state index contributed by atoms with van der Waals surface area (Å²) in [7, 11) is 1.90. The summed E-state index contributed by atoms with van der Waals surface area (Å²) in [5.74, 6) is 6.17. The molecule has 0 aliphatic carbocycles. The molecular weight excluding hydrogens is 250 g/mol. The highest BCUT2D eigenvalue weighted by molar-refractivity contribution is 5.84. The molecule has 2 heterocycles. The lowest BCUT2D eigenvalue weighted by molar-refractivity contribution is 0.354. The van der Waals surface area contributed by atoms with Crippen LogP contribution >= 0.6 is 0 Å². The van der Waals surface area contributed by atoms with E-state index in [0.717, 1.165) is 33.8 Å². The number of benzene rings is 1. The Morgan fingerprint density at radius 3 is 2.85 bits per heavy atom. The fraction of sp³-hybridized carbons (Fsp3) is 0.200. The van der Waals surface area contributed by atoms with Crippen molar-refractivity contribution in [1.29, 1.82) is 0 Å². The molecule has 1 aromatic heterocycles. The molecule has 1 aliphatic heterocycles. The summed E-state index contributed by atoms with van der Waals surface area (Å²) in [6, 6.07) is 8.19. The summed E-state index contributed by atoms with van der Waals surface area (Å²) in [5, 5.41) is 10.2. The van der Waals surface area contributed by atoms with Gasteiger partial charge in [-0.2, -0.15) is 0 Å². The fourth-order valence-corrected chi connectivity index (χ4v) is 2.60. The number of aromatic nitrogens is 3. The third-order valence-electron chi connectivity index (χ3n) is 3.72. The molecule has 102 valence electrons. The van der Waals surface area contributed by atoms with Gasteiger partial charge < -0.3 is 5.01 Å². The van der Waals surface area contributed by atoms with Gasteiger partial charge in [-0.25, -0.2) is 10.5 Å². The molecule has 1 aromatic carbocycles. The Bertz CT molecular complexity index is 711. The first-order valence-corrected chi connectivity index (χ1v) is 6.47. The Balaban J connectivity index is 2.38. The molecule has 0 spiro atoms. The zero-order valence-corrected chi connectivity index (χ0v) is 11.7. The van der Waals surface area contributed by atoms with Crippen molar-refractivity contribution in [2.24, 2.45) is 12.9 Å². The standard InChI is InChI=1S/C15H17N5/c1-4-12-10(2)20(16)9-11-7-5-6-8-13(11)15-14(12)17-18-19(15)3/h4-8H,1,9,16H2,2-3H3/b12-10-. The van der Waals surface area contributed by atoms with Gasteiger partial charge in [-0.15, -0.1) is 5.10 Å². The monoisotopic (exact) mass is 267 g/mol. The van der Waals surface area contributed by atoms with E-state index in [4.69, 9.17) is 5.84 Å². The van der Waals surface area contributed by atoms with E-state index in [9.17, 15) is 0 Å². The van der Waals surface area contributed by atoms with Crippen molar-refractivity contribution in [3.63, 3.8) is 0 Å². The first-order chi connectivity index (χ1) is 9.63. The van der Waals surface area contributed by atoms with Gasteiger partial charge in [0.1, 0.15) is 5.69 Å². The molecule has 5 heteroatoms. The predicted octanol–water partition coefficient (Wildman–Crippen LogP) is 2.09. The van der Waals surface area contributed by atoms with E-state index in [1.165, 1.54) is 0 Å². The predicted molar refractivity (Wildman–Crippen MR) is 79.0 cm³/mol. The SMILES string of the molecule is C=C/C1=C(\C)N(N)Cc2ccccc2-c2c1nnn2C. The van der Waals surface area contributed by atoms with Gasteiger partial charge in [-0.1, -0.05) is 42.1 Å². The first-order valence-electron chi connectivity index (χ1n) is 6.47. The number of rotatable bonds is 1. The van der Waals surface area contributed by atoms with Crippen LogP contribution < -0.4 is 5.84 Å². The molecule has 0 atom stereocenters. The lowest BCUT2D eigenvalue weighted by Crippen LogP contribution is -2.30. The van der Waals surface area contributed by atoms with Gasteiger partial charge in [-0.05, 0) is 12.5 Å². The van der Waals surface area contributed by atoms with Crippen molar-refractivity contribution in [1.82, 2.24) is 20.0 Å². The second-order valence-corrected chi connectivity index (χ2v) is 4.90. The van der Waals surface area contributed by atoms with Crippen LogP contribution in [0.15, 0.2) is 42.6 Å². The van der Waals surface area contributed by atoms with Crippen LogP contribution in [0.2, 0.25) is 0 Å². The van der Waals surface area contributed by atoms with Crippen LogP contribution in [-0.2, 0) is 13.6 Å². The summed E-state index contributed by atoms with van der Waals surface area (Å²) in [6.45, 7) is 6.51. The fourth-order valence-electron chi connectivity index (χ4n) is 2.60. The minimum absolute atomic E-state index is 0.643. The lowest BCUT2D eigenvalue weighted by atomic mass is 9.97. The van der Waals surface area contributed by atoms with Crippen molar-refractivity contribution in [2.45, 2.75) is 13.5 Å². The van der Waals surface area contributed by atoms with E-state index in [1.54, 1.807) is 15.8 Å². The molecule has 2 aromatic rings. The molecule has 1 aliphatic rings. The van der Waals surface area contributed by atoms with Gasteiger partial charge in [0, 0.05) is 23.9 Å². The minimum atomic E-state index is 0.643. The first kappa shape index (κ1) is 12.6. The molecule has 5 nitrogen and oxygen atoms in total. The Kier molecular flexibility index (Phi) is 2.91. The maximum atomic E-state index is 6.17. The summed E-state index contributed by atoms with van der Waals surface area (Å²) in [4.78, 5) is 0. The Morgan fingerprint density at radius 2 is 2.10 bits per heavy atom. The zero-order chi connectivity index (χ0) is 14.3. The Labute approximate surface area is 118 Å². The third kappa shape index (κ3) is 1.75. The Hall–Kier alpha value is -2.40. The van der Waals surface area contributed by atoms with Crippen LogP contribution in [-0.4, -0.2) is 20.0 Å². The highest BCUT2D eigenvalue weighted by Crippen LogP contribution is 2.34. The normalized spacial score (nSPS) is 18.1. The highest BCUT2D eigenvalue weighted by Gasteiger charge is 2.23. The summed E-state index contributed by atoms with van der Waals surface area (Å²) in [6.07, 6.45) is 1.79. The molecule has 0 fully saturated rings. The van der Waals surface area contributed by atoms with E-state index in [0.29, 0.717) is 6.54 Å². The zero-order valence-electron chi connectivity index (χ0n) is 11.7. The molecular formula is C15H17N5. The molecule has 0 unspecified atom stereocenters. The average Bonchev–Trinajstić information content (AvgIpc) is 2.80. The van der Waals surface area contributed by atoms with Crippen LogP contribution in [0.5, 0.6) is 0 Å². The number of hydrogen-bond donors (Lipinski definition) is 1. The van der Waals surface area contributed by atoms with Gasteiger partial charge in [-0.3, -0.25) is 0 Å². The van der Waals surface area contributed by atoms with E-state index < -0.39 is 0 Å². The van der Waals surface area contributed by atoms with Crippen molar-refractivity contribution in [2.75, 3.05) is 0 Å². The van der Waals surface area contributed by atoms with Gasteiger partial charge >= 0.3 is 0 Å². The summed E-state index contributed by atoms with van der Waals surface area (Å²) < 4.78 is 1.80. The van der Waals surface area contributed by atoms with Crippen LogP contribution in [0.4, 0.5) is 0 Å². The second kappa shape index (κ2) is 4.61. The molecule has 2 N–H and O–H groups in total. The molecule has 0 radical (unpaired) electrons. The molecule has 20 heavy (non-hydrogen) atoms. The van der Waals surface area contributed by atoms with E-state index in [-0.39, 0.29) is 0 Å². The average molecular weight is 267 g/mol. The van der Waals surface area contributed by atoms with E-state index in [1.807, 2.05) is 26.1 Å². The van der Waals surface area contributed by atoms with Crippen LogP contribution in [0, 0.1) is 0 Å². The van der Waals surface area contributed by atoms with Crippen LogP contribution in [0.1, 0.15) is 18.2 Å². The minimum Gasteiger partial charge on any atom is -0.310 e. The smallest absolute Gasteiger partial charge is 0.122 e. The number of hydrazine groups is 1. The number of nitrogens with zero attached hydrogens (tertiary/aromatic N) is 4. The number of allylic oxidation sites excluding steroid dienone is 3. The number of hydrogen-bond acceptors (Lipinski definition) is 4. The molecule has 3 rings (SSSR count). The van der Waals surface area contributed by atoms with Crippen molar-refractivity contribution >= 4 is 5.57 Å². The number of nitrogens with two attached hydrogens (primary N) is 1. The van der Waals surface area contributed by atoms with Crippen LogP contribution in [0.3, 0.4) is 0 Å². The molecule has 0 amide bonds. The maximum absolute atomic E-state index is 6.17. The number of fused-ring (bicyclic) bond motifs is 3. The van der Waals surface area contributed by atoms with Gasteiger partial charge in [0.25, 0.3) is 0 Å². The Morgan fingerprint density at radius 1 is 1.35 bits per heavy atom. The summed E-state index contributed by atoms with van der Waals surface area (Å²) >= 11 is 0. The van der Waals surface area contributed by atoms with Crippen molar-refractivity contribution in [3.05, 3.63) is 53.9 Å². The maximum Gasteiger partial charge on any atom is 0.122 e. The molecule has 0 saturated heterocycles. The van der Waals surface area contributed by atoms with Crippen molar-refractivity contribution in [3.8, 4) is 11.3 Å². The third-order valence-corrected chi connectivity index (χ3v) is 3.72. The largest absolute Gasteiger partial charge is 0.310 e. The molecule has 0 saturated carbocycles. The van der Waals surface area contributed by atoms with Gasteiger partial charge in [0.15, 0.2) is 0 Å². The van der Waals surface area contributed by atoms with E-state index in [2.05, 4.69) is 29.0 Å². The number of aryl methyl sites for hydroxylation is 1. The van der Waals surface area contributed by atoms with E-state index >= 15 is 0 Å². The molecule has 0 bridgehead atoms. The van der Waals surface area contributed by atoms with Crippen molar-refractivity contribution < 1.29 is 0 Å².